The van der Waals surface area contributed by atoms with E-state index in [0.29, 0.717) is 34.4 Å². The average molecular weight is 487 g/mol. The lowest BCUT2D eigenvalue weighted by molar-refractivity contribution is -0.148. The highest BCUT2D eigenvalue weighted by Gasteiger charge is 2.26. The Labute approximate surface area is 201 Å². The molecule has 2 aromatic carbocycles. The Morgan fingerprint density at radius 1 is 1.00 bits per heavy atom. The van der Waals surface area contributed by atoms with Crippen LogP contribution in [0, 0.1) is 11.7 Å². The average Bonchev–Trinajstić information content (AvgIpc) is 3.29. The molecule has 9 heteroatoms. The lowest BCUT2D eigenvalue weighted by Gasteiger charge is -2.20. The van der Waals surface area contributed by atoms with Gasteiger partial charge in [0.1, 0.15) is 41.6 Å². The largest absolute Gasteiger partial charge is 0.494 e. The number of aromatic nitrogens is 1. The first kappa shape index (κ1) is 25.2. The van der Waals surface area contributed by atoms with Crippen molar-refractivity contribution in [2.75, 3.05) is 6.61 Å². The Morgan fingerprint density at radius 3 is 2.29 bits per heavy atom. The number of hydrogen-bond acceptors (Lipinski definition) is 7. The molecule has 0 bridgehead atoms. The van der Waals surface area contributed by atoms with Gasteiger partial charge in [0.05, 0.1) is 12.3 Å². The molecule has 1 aromatic heterocycles. The number of rotatable bonds is 11. The highest BCUT2D eigenvalue weighted by molar-refractivity contribution is 7.09. The molecule has 7 nitrogen and oxygen atoms in total. The van der Waals surface area contributed by atoms with E-state index in [9.17, 15) is 14.0 Å². The molecule has 0 aliphatic heterocycles. The van der Waals surface area contributed by atoms with Crippen LogP contribution >= 0.6 is 11.3 Å². The summed E-state index contributed by atoms with van der Waals surface area (Å²) in [5.41, 5.74) is 1.00. The summed E-state index contributed by atoms with van der Waals surface area (Å²) in [6.45, 7) is 6.28. The van der Waals surface area contributed by atoms with Crippen molar-refractivity contribution >= 4 is 23.2 Å². The first-order valence-corrected chi connectivity index (χ1v) is 11.8. The van der Waals surface area contributed by atoms with E-state index >= 15 is 0 Å². The molecule has 0 unspecified atom stereocenters. The van der Waals surface area contributed by atoms with Gasteiger partial charge in [0.25, 0.3) is 5.91 Å². The second-order valence-electron chi connectivity index (χ2n) is 7.74. The fraction of sp³-hybridized carbons (Fsp3) is 0.320. The van der Waals surface area contributed by atoms with Crippen LogP contribution in [0.5, 0.6) is 11.5 Å². The van der Waals surface area contributed by atoms with Gasteiger partial charge in [-0.15, -0.1) is 11.3 Å². The van der Waals surface area contributed by atoms with Crippen LogP contribution in [0.4, 0.5) is 4.39 Å². The van der Waals surface area contributed by atoms with Crippen molar-refractivity contribution in [2.24, 2.45) is 5.92 Å². The third-order valence-electron chi connectivity index (χ3n) is 4.77. The fourth-order valence-electron chi connectivity index (χ4n) is 2.98. The molecule has 1 amide bonds. The second kappa shape index (κ2) is 12.1. The molecule has 1 heterocycles. The number of hydrogen-bond donors (Lipinski definition) is 1. The minimum absolute atomic E-state index is 0.0198. The summed E-state index contributed by atoms with van der Waals surface area (Å²) in [6, 6.07) is 11.6. The van der Waals surface area contributed by atoms with E-state index in [4.69, 9.17) is 14.2 Å². The number of halogens is 1. The summed E-state index contributed by atoms with van der Waals surface area (Å²) in [5.74, 6) is -0.202. The lowest BCUT2D eigenvalue weighted by atomic mass is 10.0. The van der Waals surface area contributed by atoms with Crippen LogP contribution in [0.25, 0.3) is 0 Å². The van der Waals surface area contributed by atoms with Gasteiger partial charge in [0.2, 0.25) is 0 Å². The van der Waals surface area contributed by atoms with Crippen molar-refractivity contribution in [3.05, 3.63) is 76.0 Å². The van der Waals surface area contributed by atoms with Gasteiger partial charge < -0.3 is 19.5 Å². The maximum atomic E-state index is 13.0. The minimum atomic E-state index is -0.806. The lowest BCUT2D eigenvalue weighted by Crippen LogP contribution is -2.45. The molecule has 1 atom stereocenters. The fourth-order valence-corrected chi connectivity index (χ4v) is 3.67. The van der Waals surface area contributed by atoms with Crippen LogP contribution in [0.2, 0.25) is 0 Å². The highest BCUT2D eigenvalue weighted by atomic mass is 32.1. The highest BCUT2D eigenvalue weighted by Crippen LogP contribution is 2.17. The van der Waals surface area contributed by atoms with Crippen molar-refractivity contribution < 1.29 is 28.2 Å². The molecule has 3 rings (SSSR count). The number of amides is 1. The van der Waals surface area contributed by atoms with Gasteiger partial charge in [-0.25, -0.2) is 14.2 Å². The van der Waals surface area contributed by atoms with E-state index < -0.39 is 12.0 Å². The van der Waals surface area contributed by atoms with Crippen LogP contribution in [0.1, 0.15) is 41.8 Å². The summed E-state index contributed by atoms with van der Waals surface area (Å²) in [5, 5.41) is 5.22. The number of nitrogens with one attached hydrogen (secondary N) is 1. The third-order valence-corrected chi connectivity index (χ3v) is 5.64. The van der Waals surface area contributed by atoms with Crippen molar-refractivity contribution in [2.45, 2.75) is 40.0 Å². The second-order valence-corrected chi connectivity index (χ2v) is 8.68. The SMILES string of the molecule is CCOc1ccc(C(=O)N[C@H](C(=O)OCc2csc(COc3ccc(F)cc3)n2)C(C)C)cc1. The molecule has 1 N–H and O–H groups in total. The van der Waals surface area contributed by atoms with Crippen LogP contribution in [0.15, 0.2) is 53.9 Å². The van der Waals surface area contributed by atoms with E-state index in [2.05, 4.69) is 10.3 Å². The zero-order valence-electron chi connectivity index (χ0n) is 19.2. The maximum absolute atomic E-state index is 13.0. The van der Waals surface area contributed by atoms with E-state index in [1.165, 1.54) is 23.5 Å². The predicted octanol–water partition coefficient (Wildman–Crippen LogP) is 4.76. The van der Waals surface area contributed by atoms with Crippen molar-refractivity contribution in [1.82, 2.24) is 10.3 Å². The van der Waals surface area contributed by atoms with E-state index in [1.807, 2.05) is 20.8 Å². The Balaban J connectivity index is 1.51. The Bertz CT molecular complexity index is 1080. The first-order chi connectivity index (χ1) is 16.4. The zero-order valence-corrected chi connectivity index (χ0v) is 20.1. The molecule has 0 saturated carbocycles. The molecule has 3 aromatic rings. The van der Waals surface area contributed by atoms with Crippen LogP contribution in [-0.2, 0) is 22.7 Å². The van der Waals surface area contributed by atoms with Crippen molar-refractivity contribution in [3.63, 3.8) is 0 Å². The number of carbonyl (C=O) groups is 2. The Hall–Kier alpha value is -3.46. The molecule has 0 aliphatic carbocycles. The number of thiazole rings is 1. The molecule has 0 fully saturated rings. The Kier molecular flexibility index (Phi) is 8.98. The molecule has 0 radical (unpaired) electrons. The first-order valence-electron chi connectivity index (χ1n) is 10.9. The number of nitrogens with zero attached hydrogens (tertiary/aromatic N) is 1. The molecule has 34 heavy (non-hydrogen) atoms. The van der Waals surface area contributed by atoms with Gasteiger partial charge in [0.15, 0.2) is 0 Å². The standard InChI is InChI=1S/C25H27FN2O5S/c1-4-31-20-9-5-17(6-10-20)24(29)28-23(16(2)3)25(30)33-13-19-15-34-22(27-19)14-32-21-11-7-18(26)8-12-21/h5-12,15-16,23H,4,13-14H2,1-3H3,(H,28,29)/t23-/m0/s1. The van der Waals surface area contributed by atoms with Crippen LogP contribution in [0.3, 0.4) is 0 Å². The molecular formula is C25H27FN2O5S. The van der Waals surface area contributed by atoms with E-state index in [-0.39, 0.29) is 30.9 Å². The zero-order chi connectivity index (χ0) is 24.5. The van der Waals surface area contributed by atoms with Gasteiger partial charge in [-0.2, -0.15) is 0 Å². The monoisotopic (exact) mass is 486 g/mol. The maximum Gasteiger partial charge on any atom is 0.329 e. The van der Waals surface area contributed by atoms with Crippen LogP contribution < -0.4 is 14.8 Å². The summed E-state index contributed by atoms with van der Waals surface area (Å²) >= 11 is 1.37. The number of esters is 1. The molecule has 180 valence electrons. The molecular weight excluding hydrogens is 459 g/mol. The van der Waals surface area contributed by atoms with Gasteiger partial charge >= 0.3 is 5.97 Å². The van der Waals surface area contributed by atoms with Crippen molar-refractivity contribution in [1.29, 1.82) is 0 Å². The minimum Gasteiger partial charge on any atom is -0.494 e. The van der Waals surface area contributed by atoms with Gasteiger partial charge in [0, 0.05) is 10.9 Å². The number of benzene rings is 2. The summed E-state index contributed by atoms with van der Waals surface area (Å²) in [4.78, 5) is 29.7. The van der Waals surface area contributed by atoms with Gasteiger partial charge in [-0.1, -0.05) is 13.8 Å². The normalized spacial score (nSPS) is 11.7. The molecule has 0 spiro atoms. The van der Waals surface area contributed by atoms with Gasteiger partial charge in [-0.05, 0) is 61.4 Å². The van der Waals surface area contributed by atoms with Crippen molar-refractivity contribution in [3.8, 4) is 11.5 Å². The molecule has 0 saturated heterocycles. The number of carbonyl (C=O) groups excluding carboxylic acids is 2. The Morgan fingerprint density at radius 2 is 1.65 bits per heavy atom. The summed E-state index contributed by atoms with van der Waals surface area (Å²) in [7, 11) is 0. The summed E-state index contributed by atoms with van der Waals surface area (Å²) < 4.78 is 29.4. The van der Waals surface area contributed by atoms with Crippen LogP contribution in [-0.4, -0.2) is 29.5 Å². The predicted molar refractivity (Wildman–Crippen MR) is 126 cm³/mol. The van der Waals surface area contributed by atoms with Gasteiger partial charge in [-0.3, -0.25) is 4.79 Å². The topological polar surface area (TPSA) is 86.8 Å². The smallest absolute Gasteiger partial charge is 0.329 e. The summed E-state index contributed by atoms with van der Waals surface area (Å²) in [6.07, 6.45) is 0. The van der Waals surface area contributed by atoms with E-state index in [0.717, 1.165) is 0 Å². The third kappa shape index (κ3) is 7.28. The van der Waals surface area contributed by atoms with E-state index in [1.54, 1.807) is 41.8 Å². The molecule has 0 aliphatic rings. The number of ether oxygens (including phenoxy) is 3. The quantitative estimate of drug-likeness (QED) is 0.394.